The number of pyridine rings is 1. The highest BCUT2D eigenvalue weighted by atomic mass is 32.1. The van der Waals surface area contributed by atoms with Crippen molar-refractivity contribution in [3.8, 4) is 11.3 Å². The Hall–Kier alpha value is -1.49. The number of aryl methyl sites for hydroxylation is 1. The molecule has 0 saturated carbocycles. The summed E-state index contributed by atoms with van der Waals surface area (Å²) in [6, 6.07) is 4.04. The number of thiazole rings is 1. The van der Waals surface area contributed by atoms with E-state index in [0.29, 0.717) is 12.8 Å². The molecule has 2 aromatic rings. The molecule has 0 unspecified atom stereocenters. The molecule has 1 aliphatic heterocycles. The lowest BCUT2D eigenvalue weighted by Gasteiger charge is -2.29. The maximum atomic E-state index is 13.1. The third-order valence-corrected chi connectivity index (χ3v) is 4.18. The second-order valence-electron chi connectivity index (χ2n) is 4.82. The molecule has 5 heteroatoms. The Bertz CT molecular complexity index is 544. The van der Waals surface area contributed by atoms with E-state index in [4.69, 9.17) is 0 Å². The average molecular weight is 277 g/mol. The van der Waals surface area contributed by atoms with Gasteiger partial charge in [0.05, 0.1) is 10.7 Å². The molecule has 0 spiro atoms. The number of nitrogens with zero attached hydrogens (tertiary/aromatic N) is 3. The maximum Gasteiger partial charge on any atom is 0.128 e. The molecule has 0 amide bonds. The summed E-state index contributed by atoms with van der Waals surface area (Å²) in [6.07, 6.45) is 2.42. The molecular formula is C14H16FN3S. The highest BCUT2D eigenvalue weighted by molar-refractivity contribution is 7.09. The Morgan fingerprint density at radius 1 is 1.32 bits per heavy atom. The molecule has 0 bridgehead atoms. The van der Waals surface area contributed by atoms with Gasteiger partial charge in [-0.25, -0.2) is 14.4 Å². The third kappa shape index (κ3) is 2.76. The van der Waals surface area contributed by atoms with E-state index >= 15 is 0 Å². The molecule has 3 nitrogen and oxygen atoms in total. The van der Waals surface area contributed by atoms with Crippen LogP contribution in [0.5, 0.6) is 0 Å². The van der Waals surface area contributed by atoms with Gasteiger partial charge < -0.3 is 4.90 Å². The van der Waals surface area contributed by atoms with Gasteiger partial charge in [0.15, 0.2) is 0 Å². The molecule has 1 aliphatic rings. The van der Waals surface area contributed by atoms with Crippen LogP contribution in [0.25, 0.3) is 11.3 Å². The Balaban J connectivity index is 1.75. The Kier molecular flexibility index (Phi) is 3.46. The van der Waals surface area contributed by atoms with E-state index in [9.17, 15) is 4.39 Å². The van der Waals surface area contributed by atoms with Crippen molar-refractivity contribution in [1.82, 2.24) is 9.97 Å². The van der Waals surface area contributed by atoms with E-state index in [0.717, 1.165) is 35.2 Å². The zero-order valence-electron chi connectivity index (χ0n) is 10.8. The summed E-state index contributed by atoms with van der Waals surface area (Å²) in [6.45, 7) is 3.50. The van der Waals surface area contributed by atoms with Gasteiger partial charge in [0.25, 0.3) is 0 Å². The van der Waals surface area contributed by atoms with Crippen LogP contribution < -0.4 is 4.90 Å². The van der Waals surface area contributed by atoms with Gasteiger partial charge in [-0.1, -0.05) is 0 Å². The van der Waals surface area contributed by atoms with Crippen molar-refractivity contribution in [2.75, 3.05) is 18.0 Å². The second kappa shape index (κ2) is 5.25. The van der Waals surface area contributed by atoms with Crippen LogP contribution in [0.15, 0.2) is 23.7 Å². The summed E-state index contributed by atoms with van der Waals surface area (Å²) in [4.78, 5) is 11.1. The van der Waals surface area contributed by atoms with Crippen LogP contribution in [-0.4, -0.2) is 29.2 Å². The minimum atomic E-state index is -0.645. The monoisotopic (exact) mass is 277 g/mol. The molecule has 0 aliphatic carbocycles. The summed E-state index contributed by atoms with van der Waals surface area (Å²) in [7, 11) is 0. The predicted molar refractivity (Wildman–Crippen MR) is 76.4 cm³/mol. The Morgan fingerprint density at radius 3 is 2.68 bits per heavy atom. The van der Waals surface area contributed by atoms with Gasteiger partial charge in [0.2, 0.25) is 0 Å². The lowest BCUT2D eigenvalue weighted by molar-refractivity contribution is 0.277. The number of anilines is 1. The molecule has 0 radical (unpaired) electrons. The first kappa shape index (κ1) is 12.5. The van der Waals surface area contributed by atoms with Crippen molar-refractivity contribution in [3.05, 3.63) is 28.7 Å². The predicted octanol–water partition coefficient (Wildman–Crippen LogP) is 3.45. The molecule has 100 valence electrons. The maximum absolute atomic E-state index is 13.1. The summed E-state index contributed by atoms with van der Waals surface area (Å²) in [5.74, 6) is 0.933. The van der Waals surface area contributed by atoms with Gasteiger partial charge in [-0.05, 0) is 31.9 Å². The third-order valence-electron chi connectivity index (χ3n) is 3.41. The van der Waals surface area contributed by atoms with Crippen molar-refractivity contribution >= 4 is 17.2 Å². The highest BCUT2D eigenvalue weighted by Crippen LogP contribution is 2.24. The Morgan fingerprint density at radius 2 is 2.11 bits per heavy atom. The van der Waals surface area contributed by atoms with E-state index in [2.05, 4.69) is 14.9 Å². The van der Waals surface area contributed by atoms with Gasteiger partial charge in [-0.3, -0.25) is 0 Å². The van der Waals surface area contributed by atoms with Crippen molar-refractivity contribution in [2.24, 2.45) is 0 Å². The minimum Gasteiger partial charge on any atom is -0.356 e. The molecule has 2 aromatic heterocycles. The minimum absolute atomic E-state index is 0.606. The fraction of sp³-hybridized carbons (Fsp3) is 0.429. The molecule has 0 aromatic carbocycles. The molecule has 0 N–H and O–H groups in total. The Labute approximate surface area is 116 Å². The van der Waals surface area contributed by atoms with Gasteiger partial charge in [-0.15, -0.1) is 11.3 Å². The van der Waals surface area contributed by atoms with Crippen LogP contribution in [0.2, 0.25) is 0 Å². The summed E-state index contributed by atoms with van der Waals surface area (Å²) >= 11 is 1.64. The molecule has 3 heterocycles. The molecule has 3 rings (SSSR count). The normalized spacial score (nSPS) is 16.8. The first-order valence-electron chi connectivity index (χ1n) is 6.50. The number of halogens is 1. The smallest absolute Gasteiger partial charge is 0.128 e. The summed E-state index contributed by atoms with van der Waals surface area (Å²) in [5, 5.41) is 3.10. The quantitative estimate of drug-likeness (QED) is 0.842. The summed E-state index contributed by atoms with van der Waals surface area (Å²) in [5.41, 5.74) is 2.01. The van der Waals surface area contributed by atoms with Crippen molar-refractivity contribution in [1.29, 1.82) is 0 Å². The van der Waals surface area contributed by atoms with Gasteiger partial charge in [0, 0.05) is 30.2 Å². The fourth-order valence-electron chi connectivity index (χ4n) is 2.30. The fourth-order valence-corrected chi connectivity index (χ4v) is 2.92. The van der Waals surface area contributed by atoms with Crippen LogP contribution in [0.3, 0.4) is 0 Å². The number of piperidine rings is 1. The highest BCUT2D eigenvalue weighted by Gasteiger charge is 2.19. The summed E-state index contributed by atoms with van der Waals surface area (Å²) < 4.78 is 13.1. The van der Waals surface area contributed by atoms with Crippen molar-refractivity contribution in [3.63, 3.8) is 0 Å². The second-order valence-corrected chi connectivity index (χ2v) is 5.88. The molecule has 19 heavy (non-hydrogen) atoms. The zero-order valence-corrected chi connectivity index (χ0v) is 11.7. The lowest BCUT2D eigenvalue weighted by Crippen LogP contribution is -2.34. The number of rotatable bonds is 2. The number of hydrogen-bond donors (Lipinski definition) is 0. The van der Waals surface area contributed by atoms with Gasteiger partial charge in [0.1, 0.15) is 12.0 Å². The molecule has 1 saturated heterocycles. The SMILES string of the molecule is Cc1nc(-c2ccc(N3CCC(F)CC3)nc2)cs1. The first-order valence-corrected chi connectivity index (χ1v) is 7.38. The molecule has 1 fully saturated rings. The number of aromatic nitrogens is 2. The zero-order chi connectivity index (χ0) is 13.2. The number of hydrogen-bond acceptors (Lipinski definition) is 4. The van der Waals surface area contributed by atoms with E-state index in [1.807, 2.05) is 30.6 Å². The number of alkyl halides is 1. The standard InChI is InChI=1S/C14H16FN3S/c1-10-17-13(9-19-10)11-2-3-14(16-8-11)18-6-4-12(15)5-7-18/h2-3,8-9,12H,4-7H2,1H3. The lowest BCUT2D eigenvalue weighted by atomic mass is 10.1. The van der Waals surface area contributed by atoms with Crippen LogP contribution in [-0.2, 0) is 0 Å². The molecule has 0 atom stereocenters. The van der Waals surface area contributed by atoms with E-state index in [1.165, 1.54) is 0 Å². The van der Waals surface area contributed by atoms with Crippen LogP contribution >= 0.6 is 11.3 Å². The topological polar surface area (TPSA) is 29.0 Å². The van der Waals surface area contributed by atoms with Crippen molar-refractivity contribution < 1.29 is 4.39 Å². The van der Waals surface area contributed by atoms with Crippen LogP contribution in [0.4, 0.5) is 10.2 Å². The van der Waals surface area contributed by atoms with Crippen molar-refractivity contribution in [2.45, 2.75) is 25.9 Å². The average Bonchev–Trinajstić information content (AvgIpc) is 2.87. The van der Waals surface area contributed by atoms with E-state index < -0.39 is 6.17 Å². The van der Waals surface area contributed by atoms with Crippen LogP contribution in [0.1, 0.15) is 17.8 Å². The molecular weight excluding hydrogens is 261 g/mol. The van der Waals surface area contributed by atoms with E-state index in [-0.39, 0.29) is 0 Å². The first-order chi connectivity index (χ1) is 9.22. The van der Waals surface area contributed by atoms with Crippen LogP contribution in [0, 0.1) is 6.92 Å². The van der Waals surface area contributed by atoms with Gasteiger partial charge in [-0.2, -0.15) is 0 Å². The van der Waals surface area contributed by atoms with E-state index in [1.54, 1.807) is 11.3 Å². The van der Waals surface area contributed by atoms with Gasteiger partial charge >= 0.3 is 0 Å². The largest absolute Gasteiger partial charge is 0.356 e.